The van der Waals surface area contributed by atoms with Crippen molar-refractivity contribution in [3.05, 3.63) is 101 Å². The fourth-order valence-electron chi connectivity index (χ4n) is 4.72. The molecule has 34 heavy (non-hydrogen) atoms. The molecule has 2 amide bonds. The van der Waals surface area contributed by atoms with Crippen molar-refractivity contribution in [3.63, 3.8) is 0 Å². The molecule has 3 aromatic carbocycles. The standard InChI is InChI=1S/C29H29N3O2/c1-20-9-12-23(13-10-20)26-27(31-17-15-30(16-18-31)24-7-5-4-6-8-24)29(34)32(28(26)33)25-14-11-21(2)22(3)19-25/h4-14,19H,15-18H2,1-3H3. The highest BCUT2D eigenvalue weighted by atomic mass is 16.2. The highest BCUT2D eigenvalue weighted by Gasteiger charge is 2.43. The molecule has 172 valence electrons. The number of benzene rings is 3. The number of piperazine rings is 1. The Labute approximate surface area is 200 Å². The molecule has 0 saturated carbocycles. The van der Waals surface area contributed by atoms with E-state index in [1.54, 1.807) is 0 Å². The van der Waals surface area contributed by atoms with E-state index in [0.717, 1.165) is 35.3 Å². The van der Waals surface area contributed by atoms with Crippen LogP contribution in [0.1, 0.15) is 22.3 Å². The molecular weight excluding hydrogens is 422 g/mol. The molecule has 5 rings (SSSR count). The van der Waals surface area contributed by atoms with Gasteiger partial charge in [0.25, 0.3) is 11.8 Å². The van der Waals surface area contributed by atoms with E-state index in [-0.39, 0.29) is 11.8 Å². The van der Waals surface area contributed by atoms with Crippen molar-refractivity contribution >= 4 is 28.8 Å². The average molecular weight is 452 g/mol. The molecule has 0 atom stereocenters. The van der Waals surface area contributed by atoms with Gasteiger partial charge < -0.3 is 9.80 Å². The molecule has 1 saturated heterocycles. The van der Waals surface area contributed by atoms with Crippen LogP contribution in [0.25, 0.3) is 5.57 Å². The Morgan fingerprint density at radius 3 is 1.91 bits per heavy atom. The zero-order chi connectivity index (χ0) is 23.8. The van der Waals surface area contributed by atoms with Gasteiger partial charge in [-0.2, -0.15) is 0 Å². The van der Waals surface area contributed by atoms with E-state index in [0.29, 0.717) is 30.0 Å². The lowest BCUT2D eigenvalue weighted by Gasteiger charge is -2.37. The minimum absolute atomic E-state index is 0.239. The van der Waals surface area contributed by atoms with Gasteiger partial charge in [-0.15, -0.1) is 0 Å². The summed E-state index contributed by atoms with van der Waals surface area (Å²) in [7, 11) is 0. The van der Waals surface area contributed by atoms with Crippen LogP contribution in [-0.2, 0) is 9.59 Å². The number of aryl methyl sites for hydroxylation is 3. The molecule has 2 heterocycles. The fourth-order valence-corrected chi connectivity index (χ4v) is 4.72. The molecule has 0 N–H and O–H groups in total. The van der Waals surface area contributed by atoms with Crippen molar-refractivity contribution in [2.45, 2.75) is 20.8 Å². The molecule has 3 aromatic rings. The largest absolute Gasteiger partial charge is 0.368 e. The lowest BCUT2D eigenvalue weighted by molar-refractivity contribution is -0.120. The predicted molar refractivity (Wildman–Crippen MR) is 137 cm³/mol. The summed E-state index contributed by atoms with van der Waals surface area (Å²) in [5.74, 6) is -0.491. The zero-order valence-corrected chi connectivity index (χ0v) is 19.9. The highest BCUT2D eigenvalue weighted by Crippen LogP contribution is 2.36. The lowest BCUT2D eigenvalue weighted by atomic mass is 10.0. The SMILES string of the molecule is Cc1ccc(C2=C(N3CCN(c4ccccc4)CC3)C(=O)N(c3ccc(C)c(C)c3)C2=O)cc1. The summed E-state index contributed by atoms with van der Waals surface area (Å²) in [6.45, 7) is 8.99. The highest BCUT2D eigenvalue weighted by molar-refractivity contribution is 6.45. The van der Waals surface area contributed by atoms with Crippen LogP contribution in [0.3, 0.4) is 0 Å². The van der Waals surface area contributed by atoms with Crippen LogP contribution in [0.2, 0.25) is 0 Å². The van der Waals surface area contributed by atoms with Crippen LogP contribution in [-0.4, -0.2) is 42.9 Å². The van der Waals surface area contributed by atoms with E-state index >= 15 is 0 Å². The van der Waals surface area contributed by atoms with Crippen molar-refractivity contribution in [2.75, 3.05) is 36.0 Å². The fraction of sp³-hybridized carbons (Fsp3) is 0.241. The monoisotopic (exact) mass is 451 g/mol. The second kappa shape index (κ2) is 8.82. The Kier molecular flexibility index (Phi) is 5.70. The number of anilines is 2. The number of hydrogen-bond donors (Lipinski definition) is 0. The topological polar surface area (TPSA) is 43.9 Å². The molecule has 2 aliphatic heterocycles. The van der Waals surface area contributed by atoms with E-state index in [2.05, 4.69) is 21.9 Å². The second-order valence-corrected chi connectivity index (χ2v) is 9.11. The van der Waals surface area contributed by atoms with Gasteiger partial charge in [-0.25, -0.2) is 4.90 Å². The van der Waals surface area contributed by atoms with Crippen LogP contribution in [0.15, 0.2) is 78.5 Å². The van der Waals surface area contributed by atoms with Gasteiger partial charge in [0, 0.05) is 31.9 Å². The summed E-state index contributed by atoms with van der Waals surface area (Å²) in [5, 5.41) is 0. The van der Waals surface area contributed by atoms with Gasteiger partial charge >= 0.3 is 0 Å². The molecule has 5 nitrogen and oxygen atoms in total. The van der Waals surface area contributed by atoms with Crippen molar-refractivity contribution in [2.24, 2.45) is 0 Å². The first-order valence-corrected chi connectivity index (χ1v) is 11.8. The Balaban J connectivity index is 1.51. The quantitative estimate of drug-likeness (QED) is 0.539. The first-order chi connectivity index (χ1) is 16.4. The third-order valence-electron chi connectivity index (χ3n) is 6.87. The zero-order valence-electron chi connectivity index (χ0n) is 19.9. The Morgan fingerprint density at radius 2 is 1.26 bits per heavy atom. The summed E-state index contributed by atoms with van der Waals surface area (Å²) in [6.07, 6.45) is 0. The molecule has 0 aliphatic carbocycles. The van der Waals surface area contributed by atoms with Crippen LogP contribution >= 0.6 is 0 Å². The first-order valence-electron chi connectivity index (χ1n) is 11.8. The third kappa shape index (κ3) is 3.87. The van der Waals surface area contributed by atoms with E-state index < -0.39 is 0 Å². The molecule has 0 aromatic heterocycles. The summed E-state index contributed by atoms with van der Waals surface area (Å²) in [5.41, 5.74) is 6.91. The summed E-state index contributed by atoms with van der Waals surface area (Å²) in [6, 6.07) is 23.9. The molecule has 0 radical (unpaired) electrons. The maximum absolute atomic E-state index is 13.8. The van der Waals surface area contributed by atoms with Gasteiger partial charge in [0.2, 0.25) is 0 Å². The van der Waals surface area contributed by atoms with E-state index in [9.17, 15) is 9.59 Å². The van der Waals surface area contributed by atoms with E-state index in [1.165, 1.54) is 10.6 Å². The third-order valence-corrected chi connectivity index (χ3v) is 6.87. The normalized spacial score (nSPS) is 16.6. The Bertz CT molecular complexity index is 1270. The molecule has 0 unspecified atom stereocenters. The van der Waals surface area contributed by atoms with Crippen molar-refractivity contribution in [1.29, 1.82) is 0 Å². The molecule has 2 aliphatic rings. The van der Waals surface area contributed by atoms with Crippen LogP contribution in [0, 0.1) is 20.8 Å². The minimum atomic E-state index is -0.252. The van der Waals surface area contributed by atoms with Gasteiger partial charge in [0.05, 0.1) is 11.3 Å². The van der Waals surface area contributed by atoms with Crippen molar-refractivity contribution < 1.29 is 9.59 Å². The number of amides is 2. The maximum Gasteiger partial charge on any atom is 0.282 e. The van der Waals surface area contributed by atoms with Gasteiger partial charge in [0.1, 0.15) is 5.70 Å². The minimum Gasteiger partial charge on any atom is -0.368 e. The number of imide groups is 1. The number of carbonyl (C=O) groups is 2. The van der Waals surface area contributed by atoms with Crippen molar-refractivity contribution in [1.82, 2.24) is 4.90 Å². The van der Waals surface area contributed by atoms with Crippen molar-refractivity contribution in [3.8, 4) is 0 Å². The average Bonchev–Trinajstić information content (AvgIpc) is 3.12. The Morgan fingerprint density at radius 1 is 0.618 bits per heavy atom. The maximum atomic E-state index is 13.8. The predicted octanol–water partition coefficient (Wildman–Crippen LogP) is 4.72. The molecule has 0 bridgehead atoms. The first kappa shape index (κ1) is 22.0. The summed E-state index contributed by atoms with van der Waals surface area (Å²) >= 11 is 0. The number of hydrogen-bond acceptors (Lipinski definition) is 4. The van der Waals surface area contributed by atoms with Gasteiger partial charge in [0.15, 0.2) is 0 Å². The van der Waals surface area contributed by atoms with Gasteiger partial charge in [-0.3, -0.25) is 9.59 Å². The molecule has 5 heteroatoms. The van der Waals surface area contributed by atoms with Crippen LogP contribution < -0.4 is 9.80 Å². The number of nitrogens with zero attached hydrogens (tertiary/aromatic N) is 3. The number of rotatable bonds is 4. The van der Waals surface area contributed by atoms with E-state index in [4.69, 9.17) is 0 Å². The van der Waals surface area contributed by atoms with Gasteiger partial charge in [-0.05, 0) is 61.7 Å². The molecular formula is C29H29N3O2. The van der Waals surface area contributed by atoms with Crippen LogP contribution in [0.5, 0.6) is 0 Å². The summed E-state index contributed by atoms with van der Waals surface area (Å²) < 4.78 is 0. The second-order valence-electron chi connectivity index (χ2n) is 9.11. The van der Waals surface area contributed by atoms with Gasteiger partial charge in [-0.1, -0.05) is 54.1 Å². The smallest absolute Gasteiger partial charge is 0.282 e. The molecule has 1 fully saturated rings. The van der Waals surface area contributed by atoms with Crippen LogP contribution in [0.4, 0.5) is 11.4 Å². The number of carbonyl (C=O) groups excluding carboxylic acids is 2. The molecule has 0 spiro atoms. The van der Waals surface area contributed by atoms with E-state index in [1.807, 2.05) is 81.4 Å². The Hall–Kier alpha value is -3.86. The summed E-state index contributed by atoms with van der Waals surface area (Å²) in [4.78, 5) is 33.3. The lowest BCUT2D eigenvalue weighted by Crippen LogP contribution is -2.47. The number of para-hydroxylation sites is 1.